The quantitative estimate of drug-likeness (QED) is 0.0471. The fourth-order valence-electron chi connectivity index (χ4n) is 4.69. The van der Waals surface area contributed by atoms with Gasteiger partial charge >= 0.3 is 11.9 Å². The van der Waals surface area contributed by atoms with Crippen LogP contribution in [0.5, 0.6) is 0 Å². The number of carbonyl (C=O) groups is 2. The van der Waals surface area contributed by atoms with Crippen molar-refractivity contribution >= 4 is 11.9 Å². The van der Waals surface area contributed by atoms with Gasteiger partial charge in [0.15, 0.2) is 0 Å². The molecule has 0 fully saturated rings. The monoisotopic (exact) mass is 628 g/mol. The predicted octanol–water partition coefficient (Wildman–Crippen LogP) is 12.2. The van der Waals surface area contributed by atoms with Crippen molar-refractivity contribution in [3.05, 3.63) is 24.3 Å². The maximum atomic E-state index is 10.3. The first-order valence-corrected chi connectivity index (χ1v) is 17.3. The Morgan fingerprint density at radius 2 is 0.610 bits per heavy atom. The minimum atomic E-state index is -0.667. The van der Waals surface area contributed by atoms with Crippen molar-refractivity contribution in [3.63, 3.8) is 0 Å². The number of hydrogen-bond donors (Lipinski definition) is 2. The summed E-state index contributed by atoms with van der Waals surface area (Å²) in [6, 6.07) is 0. The van der Waals surface area contributed by atoms with E-state index in [2.05, 4.69) is 38.2 Å². The molecular formula is C36H68O4Zn. The van der Waals surface area contributed by atoms with Crippen LogP contribution >= 0.6 is 0 Å². The molecule has 238 valence electrons. The molecule has 41 heavy (non-hydrogen) atoms. The van der Waals surface area contributed by atoms with Crippen LogP contribution in [-0.2, 0) is 29.1 Å². The van der Waals surface area contributed by atoms with Crippen molar-refractivity contribution in [1.82, 2.24) is 0 Å². The zero-order chi connectivity index (χ0) is 29.8. The summed E-state index contributed by atoms with van der Waals surface area (Å²) < 4.78 is 0. The fraction of sp³-hybridized carbons (Fsp3) is 0.833. The molecule has 0 aliphatic rings. The van der Waals surface area contributed by atoms with Crippen molar-refractivity contribution < 1.29 is 39.3 Å². The summed E-state index contributed by atoms with van der Waals surface area (Å²) in [4.78, 5) is 20.6. The molecule has 0 bridgehead atoms. The van der Waals surface area contributed by atoms with Gasteiger partial charge in [-0.25, -0.2) is 0 Å². The molecule has 0 aromatic rings. The second-order valence-electron chi connectivity index (χ2n) is 11.5. The van der Waals surface area contributed by atoms with Gasteiger partial charge in [-0.3, -0.25) is 9.59 Å². The van der Waals surface area contributed by atoms with Crippen LogP contribution < -0.4 is 0 Å². The van der Waals surface area contributed by atoms with Gasteiger partial charge < -0.3 is 10.2 Å². The zero-order valence-corrected chi connectivity index (χ0v) is 30.5. The maximum absolute atomic E-state index is 10.3. The van der Waals surface area contributed by atoms with Gasteiger partial charge in [-0.2, -0.15) is 0 Å². The van der Waals surface area contributed by atoms with Gasteiger partial charge in [-0.15, -0.1) is 0 Å². The van der Waals surface area contributed by atoms with Crippen LogP contribution in [0.1, 0.15) is 194 Å². The number of aliphatic carboxylic acids is 2. The second-order valence-corrected chi connectivity index (χ2v) is 11.5. The first-order valence-electron chi connectivity index (χ1n) is 17.3. The Morgan fingerprint density at radius 3 is 0.854 bits per heavy atom. The maximum Gasteiger partial charge on any atom is 0.303 e. The van der Waals surface area contributed by atoms with E-state index in [4.69, 9.17) is 10.2 Å². The van der Waals surface area contributed by atoms with E-state index < -0.39 is 11.9 Å². The largest absolute Gasteiger partial charge is 0.481 e. The third-order valence-corrected chi connectivity index (χ3v) is 7.30. The molecule has 0 saturated heterocycles. The van der Waals surface area contributed by atoms with Gasteiger partial charge in [0.1, 0.15) is 0 Å². The van der Waals surface area contributed by atoms with Gasteiger partial charge in [-0.1, -0.05) is 141 Å². The first kappa shape index (κ1) is 44.5. The minimum absolute atomic E-state index is 0. The molecule has 0 aromatic carbocycles. The summed E-state index contributed by atoms with van der Waals surface area (Å²) in [5.74, 6) is -1.33. The van der Waals surface area contributed by atoms with E-state index in [-0.39, 0.29) is 19.5 Å². The van der Waals surface area contributed by atoms with Crippen LogP contribution in [0, 0.1) is 0 Å². The number of carboxylic acids is 2. The molecule has 2 N–H and O–H groups in total. The topological polar surface area (TPSA) is 74.6 Å². The van der Waals surface area contributed by atoms with Crippen LogP contribution in [0.4, 0.5) is 0 Å². The van der Waals surface area contributed by atoms with Crippen molar-refractivity contribution in [3.8, 4) is 0 Å². The van der Waals surface area contributed by atoms with Gasteiger partial charge in [0.05, 0.1) is 0 Å². The summed E-state index contributed by atoms with van der Waals surface area (Å²) in [6.07, 6.45) is 42.5. The Kier molecular flexibility index (Phi) is 44.7. The van der Waals surface area contributed by atoms with Crippen LogP contribution in [-0.4, -0.2) is 22.2 Å². The second kappa shape index (κ2) is 41.2. The summed E-state index contributed by atoms with van der Waals surface area (Å²) in [5.41, 5.74) is 0. The van der Waals surface area contributed by atoms with Gasteiger partial charge in [0, 0.05) is 32.3 Å². The summed E-state index contributed by atoms with van der Waals surface area (Å²) in [6.45, 7) is 4.52. The number of allylic oxidation sites excluding steroid dienone is 4. The molecule has 0 aliphatic heterocycles. The van der Waals surface area contributed by atoms with E-state index in [0.29, 0.717) is 12.8 Å². The molecule has 0 rings (SSSR count). The molecule has 0 aromatic heterocycles. The molecule has 0 heterocycles. The van der Waals surface area contributed by atoms with Crippen LogP contribution in [0.25, 0.3) is 0 Å². The molecule has 0 saturated carbocycles. The van der Waals surface area contributed by atoms with Crippen LogP contribution in [0.3, 0.4) is 0 Å². The van der Waals surface area contributed by atoms with E-state index in [1.807, 2.05) is 0 Å². The Balaban J connectivity index is -0.000000688. The number of carboxylic acid groups (broad SMARTS) is 2. The molecule has 0 spiro atoms. The number of unbranched alkanes of at least 4 members (excludes halogenated alkanes) is 22. The minimum Gasteiger partial charge on any atom is -0.481 e. The standard InChI is InChI=1S/2C18H34O2.Zn/c2*1-2-3-4-5-6-7-8-9-10-11-12-13-14-15-16-17-18(19)20;/h2*10-11H,2-9,12-17H2,1H3,(H,19,20);. The Labute approximate surface area is 268 Å². The van der Waals surface area contributed by atoms with Crippen molar-refractivity contribution in [2.75, 3.05) is 0 Å². The van der Waals surface area contributed by atoms with Gasteiger partial charge in [-0.05, 0) is 64.2 Å². The van der Waals surface area contributed by atoms with E-state index in [9.17, 15) is 9.59 Å². The van der Waals surface area contributed by atoms with E-state index in [1.54, 1.807) is 0 Å². The Morgan fingerprint density at radius 1 is 0.390 bits per heavy atom. The molecule has 0 unspecified atom stereocenters. The average molecular weight is 630 g/mol. The fourth-order valence-corrected chi connectivity index (χ4v) is 4.69. The van der Waals surface area contributed by atoms with E-state index >= 15 is 0 Å². The SMILES string of the molecule is CCCCCCCCCC=CCCCCCCC(=O)O.CCCCCCCCCC=CCCCCCCC(=O)O.[Zn]. The van der Waals surface area contributed by atoms with Crippen LogP contribution in [0.15, 0.2) is 24.3 Å². The molecule has 0 aliphatic carbocycles. The third-order valence-electron chi connectivity index (χ3n) is 7.30. The van der Waals surface area contributed by atoms with E-state index in [0.717, 1.165) is 51.4 Å². The van der Waals surface area contributed by atoms with Crippen molar-refractivity contribution in [2.45, 2.75) is 194 Å². The Hall–Kier alpha value is -0.957. The summed E-state index contributed by atoms with van der Waals surface area (Å²) in [7, 11) is 0. The van der Waals surface area contributed by atoms with Crippen LogP contribution in [0.2, 0.25) is 0 Å². The van der Waals surface area contributed by atoms with Crippen molar-refractivity contribution in [2.24, 2.45) is 0 Å². The van der Waals surface area contributed by atoms with E-state index in [1.165, 1.54) is 116 Å². The van der Waals surface area contributed by atoms with Crippen molar-refractivity contribution in [1.29, 1.82) is 0 Å². The Bertz CT molecular complexity index is 524. The smallest absolute Gasteiger partial charge is 0.303 e. The molecule has 4 nitrogen and oxygen atoms in total. The average Bonchev–Trinajstić information content (AvgIpc) is 2.93. The normalized spacial score (nSPS) is 11.0. The predicted molar refractivity (Wildman–Crippen MR) is 174 cm³/mol. The zero-order valence-electron chi connectivity index (χ0n) is 27.5. The molecular weight excluding hydrogens is 562 g/mol. The van der Waals surface area contributed by atoms with Gasteiger partial charge in [0.2, 0.25) is 0 Å². The summed E-state index contributed by atoms with van der Waals surface area (Å²) in [5, 5.41) is 17.0. The number of hydrogen-bond acceptors (Lipinski definition) is 2. The molecule has 0 atom stereocenters. The molecule has 5 heteroatoms. The summed E-state index contributed by atoms with van der Waals surface area (Å²) >= 11 is 0. The third kappa shape index (κ3) is 49.1. The first-order chi connectivity index (χ1) is 19.5. The molecule has 0 radical (unpaired) electrons. The molecule has 0 amide bonds. The van der Waals surface area contributed by atoms with Gasteiger partial charge in [0.25, 0.3) is 0 Å². The number of rotatable bonds is 30.